The number of carbonyl (C=O) groups excluding carboxylic acids is 1. The van der Waals surface area contributed by atoms with E-state index in [0.717, 1.165) is 25.7 Å². The van der Waals surface area contributed by atoms with E-state index in [1.807, 2.05) is 20.2 Å². The SMILES string of the molecule is CN(C)CCC/C=C/C=O. The predicted octanol–water partition coefficient (Wildman–Crippen LogP) is 1.08. The van der Waals surface area contributed by atoms with Crippen molar-refractivity contribution >= 4 is 6.29 Å². The number of hydrogen-bond acceptors (Lipinski definition) is 2. The minimum atomic E-state index is 0.815. The van der Waals surface area contributed by atoms with Crippen molar-refractivity contribution < 1.29 is 4.79 Å². The smallest absolute Gasteiger partial charge is 0.142 e. The summed E-state index contributed by atoms with van der Waals surface area (Å²) in [5.74, 6) is 0. The van der Waals surface area contributed by atoms with E-state index in [1.165, 1.54) is 0 Å². The van der Waals surface area contributed by atoms with Crippen molar-refractivity contribution in [2.75, 3.05) is 20.6 Å². The zero-order valence-corrected chi connectivity index (χ0v) is 6.71. The summed E-state index contributed by atoms with van der Waals surface area (Å²) in [5.41, 5.74) is 0. The van der Waals surface area contributed by atoms with E-state index in [9.17, 15) is 4.79 Å². The summed E-state index contributed by atoms with van der Waals surface area (Å²) in [7, 11) is 4.09. The van der Waals surface area contributed by atoms with Crippen LogP contribution in [0.25, 0.3) is 0 Å². The molecule has 0 fully saturated rings. The topological polar surface area (TPSA) is 20.3 Å². The molecule has 2 nitrogen and oxygen atoms in total. The van der Waals surface area contributed by atoms with Gasteiger partial charge in [-0.05, 0) is 39.6 Å². The second kappa shape index (κ2) is 6.49. The van der Waals surface area contributed by atoms with Crippen LogP contribution >= 0.6 is 0 Å². The third-order valence-electron chi connectivity index (χ3n) is 1.19. The highest BCUT2D eigenvalue weighted by atomic mass is 16.1. The summed E-state index contributed by atoms with van der Waals surface area (Å²) in [6.45, 7) is 1.09. The lowest BCUT2D eigenvalue weighted by Crippen LogP contribution is -2.12. The summed E-state index contributed by atoms with van der Waals surface area (Å²) in [6, 6.07) is 0. The lowest BCUT2D eigenvalue weighted by Gasteiger charge is -2.06. The van der Waals surface area contributed by atoms with Crippen LogP contribution in [0, 0.1) is 0 Å². The van der Waals surface area contributed by atoms with E-state index in [4.69, 9.17) is 0 Å². The van der Waals surface area contributed by atoms with E-state index < -0.39 is 0 Å². The molecule has 0 aromatic heterocycles. The molecule has 0 unspecified atom stereocenters. The Morgan fingerprint density at radius 3 is 2.60 bits per heavy atom. The van der Waals surface area contributed by atoms with Crippen LogP contribution in [0.2, 0.25) is 0 Å². The highest BCUT2D eigenvalue weighted by Crippen LogP contribution is 1.90. The molecule has 0 aromatic carbocycles. The van der Waals surface area contributed by atoms with Gasteiger partial charge in [-0.2, -0.15) is 0 Å². The number of allylic oxidation sites excluding steroid dienone is 2. The zero-order valence-electron chi connectivity index (χ0n) is 6.71. The van der Waals surface area contributed by atoms with Crippen molar-refractivity contribution in [3.63, 3.8) is 0 Å². The maximum atomic E-state index is 9.80. The summed E-state index contributed by atoms with van der Waals surface area (Å²) in [6.07, 6.45) is 6.38. The van der Waals surface area contributed by atoms with E-state index in [-0.39, 0.29) is 0 Å². The summed E-state index contributed by atoms with van der Waals surface area (Å²) in [5, 5.41) is 0. The molecule has 2 heteroatoms. The average Bonchev–Trinajstić information content (AvgIpc) is 1.87. The first-order chi connectivity index (χ1) is 4.77. The van der Waals surface area contributed by atoms with Gasteiger partial charge in [0.25, 0.3) is 0 Å². The second-order valence-electron chi connectivity index (χ2n) is 2.51. The highest BCUT2D eigenvalue weighted by molar-refractivity contribution is 5.64. The largest absolute Gasteiger partial charge is 0.309 e. The fourth-order valence-electron chi connectivity index (χ4n) is 0.677. The molecule has 0 saturated carbocycles. The zero-order chi connectivity index (χ0) is 7.82. The number of hydrogen-bond donors (Lipinski definition) is 0. The summed E-state index contributed by atoms with van der Waals surface area (Å²) >= 11 is 0. The van der Waals surface area contributed by atoms with E-state index in [1.54, 1.807) is 6.08 Å². The van der Waals surface area contributed by atoms with Crippen LogP contribution in [0.1, 0.15) is 12.8 Å². The number of nitrogens with zero attached hydrogens (tertiary/aromatic N) is 1. The third-order valence-corrected chi connectivity index (χ3v) is 1.19. The van der Waals surface area contributed by atoms with Gasteiger partial charge in [0, 0.05) is 0 Å². The number of rotatable bonds is 5. The Balaban J connectivity index is 3.04. The minimum Gasteiger partial charge on any atom is -0.309 e. The van der Waals surface area contributed by atoms with E-state index >= 15 is 0 Å². The second-order valence-corrected chi connectivity index (χ2v) is 2.51. The standard InChI is InChI=1S/C8H15NO/c1-9(2)7-5-3-4-6-8-10/h4,6,8H,3,5,7H2,1-2H3/b6-4+. The van der Waals surface area contributed by atoms with Gasteiger partial charge >= 0.3 is 0 Å². The molecular weight excluding hydrogens is 126 g/mol. The quantitative estimate of drug-likeness (QED) is 0.324. The molecular formula is C8H15NO. The van der Waals surface area contributed by atoms with Gasteiger partial charge in [0.2, 0.25) is 0 Å². The van der Waals surface area contributed by atoms with Crippen LogP contribution in [0.5, 0.6) is 0 Å². The Labute approximate surface area is 62.5 Å². The fraction of sp³-hybridized carbons (Fsp3) is 0.625. The summed E-state index contributed by atoms with van der Waals surface area (Å²) < 4.78 is 0. The van der Waals surface area contributed by atoms with E-state index in [2.05, 4.69) is 4.90 Å². The molecule has 10 heavy (non-hydrogen) atoms. The van der Waals surface area contributed by atoms with Crippen LogP contribution in [-0.2, 0) is 4.79 Å². The fourth-order valence-corrected chi connectivity index (χ4v) is 0.677. The molecule has 0 N–H and O–H groups in total. The molecule has 0 rings (SSSR count). The maximum absolute atomic E-state index is 9.80. The Morgan fingerprint density at radius 2 is 2.10 bits per heavy atom. The summed E-state index contributed by atoms with van der Waals surface area (Å²) in [4.78, 5) is 11.9. The first-order valence-electron chi connectivity index (χ1n) is 3.52. The van der Waals surface area contributed by atoms with Crippen LogP contribution in [-0.4, -0.2) is 31.8 Å². The van der Waals surface area contributed by atoms with E-state index in [0.29, 0.717) is 0 Å². The van der Waals surface area contributed by atoms with Crippen LogP contribution in [0.4, 0.5) is 0 Å². The van der Waals surface area contributed by atoms with Gasteiger partial charge in [0.1, 0.15) is 6.29 Å². The van der Waals surface area contributed by atoms with Crippen LogP contribution in [0.15, 0.2) is 12.2 Å². The molecule has 0 atom stereocenters. The Kier molecular flexibility index (Phi) is 6.08. The third kappa shape index (κ3) is 7.37. The Hall–Kier alpha value is -0.630. The molecule has 0 spiro atoms. The number of unbranched alkanes of at least 4 members (excludes halogenated alkanes) is 1. The Bertz CT molecular complexity index is 108. The minimum absolute atomic E-state index is 0.815. The monoisotopic (exact) mass is 141 g/mol. The van der Waals surface area contributed by atoms with Crippen molar-refractivity contribution in [3.8, 4) is 0 Å². The molecule has 0 heterocycles. The first kappa shape index (κ1) is 9.37. The highest BCUT2D eigenvalue weighted by Gasteiger charge is 1.86. The molecule has 0 aliphatic carbocycles. The molecule has 0 radical (unpaired) electrons. The van der Waals surface area contributed by atoms with Crippen LogP contribution in [0.3, 0.4) is 0 Å². The molecule has 0 bridgehead atoms. The molecule has 0 aliphatic rings. The maximum Gasteiger partial charge on any atom is 0.142 e. The van der Waals surface area contributed by atoms with Gasteiger partial charge in [-0.1, -0.05) is 6.08 Å². The Morgan fingerprint density at radius 1 is 1.40 bits per heavy atom. The molecule has 0 aliphatic heterocycles. The van der Waals surface area contributed by atoms with Crippen molar-refractivity contribution in [1.82, 2.24) is 4.90 Å². The van der Waals surface area contributed by atoms with Gasteiger partial charge in [0.15, 0.2) is 0 Å². The van der Waals surface area contributed by atoms with Crippen LogP contribution < -0.4 is 0 Å². The van der Waals surface area contributed by atoms with Crippen molar-refractivity contribution in [2.24, 2.45) is 0 Å². The van der Waals surface area contributed by atoms with Gasteiger partial charge in [0.05, 0.1) is 0 Å². The lowest BCUT2D eigenvalue weighted by molar-refractivity contribution is -0.104. The van der Waals surface area contributed by atoms with Gasteiger partial charge in [-0.3, -0.25) is 4.79 Å². The van der Waals surface area contributed by atoms with Crippen molar-refractivity contribution in [3.05, 3.63) is 12.2 Å². The normalized spacial score (nSPS) is 11.1. The number of aldehydes is 1. The first-order valence-corrected chi connectivity index (χ1v) is 3.52. The molecule has 0 aromatic rings. The molecule has 0 amide bonds. The van der Waals surface area contributed by atoms with Crippen molar-refractivity contribution in [2.45, 2.75) is 12.8 Å². The van der Waals surface area contributed by atoms with Gasteiger partial charge < -0.3 is 4.90 Å². The molecule has 58 valence electrons. The average molecular weight is 141 g/mol. The number of carbonyl (C=O) groups is 1. The molecule has 0 saturated heterocycles. The van der Waals surface area contributed by atoms with Crippen molar-refractivity contribution in [1.29, 1.82) is 0 Å². The predicted molar refractivity (Wildman–Crippen MR) is 43.0 cm³/mol. The van der Waals surface area contributed by atoms with Gasteiger partial charge in [-0.25, -0.2) is 0 Å². The van der Waals surface area contributed by atoms with Gasteiger partial charge in [-0.15, -0.1) is 0 Å². The lowest BCUT2D eigenvalue weighted by atomic mass is 10.3.